The summed E-state index contributed by atoms with van der Waals surface area (Å²) in [6, 6.07) is 9.74. The smallest absolute Gasteiger partial charge is 0.410 e. The van der Waals surface area contributed by atoms with Gasteiger partial charge in [-0.15, -0.1) is 0 Å². The second-order valence-corrected chi connectivity index (χ2v) is 9.15. The normalized spacial score (nSPS) is 18.0. The summed E-state index contributed by atoms with van der Waals surface area (Å²) in [6.07, 6.45) is 6.62. The fourth-order valence-electron chi connectivity index (χ4n) is 4.25. The summed E-state index contributed by atoms with van der Waals surface area (Å²) in [5.41, 5.74) is 2.34. The molecule has 35 heavy (non-hydrogen) atoms. The van der Waals surface area contributed by atoms with E-state index in [1.54, 1.807) is 22.0 Å². The van der Waals surface area contributed by atoms with E-state index in [2.05, 4.69) is 30.7 Å². The number of aromatic nitrogens is 5. The van der Waals surface area contributed by atoms with Gasteiger partial charge in [-0.2, -0.15) is 15.1 Å². The Kier molecular flexibility index (Phi) is 6.45. The van der Waals surface area contributed by atoms with Gasteiger partial charge in [0.1, 0.15) is 18.1 Å². The molecular weight excluding hydrogens is 468 g/mol. The first-order chi connectivity index (χ1) is 17.0. The number of benzene rings is 1. The number of likely N-dealkylation sites (tertiary alicyclic amines) is 1. The Morgan fingerprint density at radius 2 is 2.09 bits per heavy atom. The third-order valence-corrected chi connectivity index (χ3v) is 6.41. The molecule has 0 spiro atoms. The maximum absolute atomic E-state index is 12.9. The van der Waals surface area contributed by atoms with Gasteiger partial charge in [-0.1, -0.05) is 41.9 Å². The molecule has 1 aliphatic heterocycles. The zero-order valence-corrected chi connectivity index (χ0v) is 20.3. The van der Waals surface area contributed by atoms with E-state index >= 15 is 0 Å². The third kappa shape index (κ3) is 5.17. The van der Waals surface area contributed by atoms with Crippen LogP contribution in [0.1, 0.15) is 25.3 Å². The van der Waals surface area contributed by atoms with Gasteiger partial charge < -0.3 is 25.3 Å². The van der Waals surface area contributed by atoms with Crippen LogP contribution in [-0.4, -0.2) is 54.4 Å². The molecule has 182 valence electrons. The molecule has 0 aliphatic carbocycles. The van der Waals surface area contributed by atoms with Crippen molar-refractivity contribution >= 4 is 46.2 Å². The zero-order chi connectivity index (χ0) is 24.4. The fourth-order valence-corrected chi connectivity index (χ4v) is 4.48. The summed E-state index contributed by atoms with van der Waals surface area (Å²) >= 11 is 6.44. The van der Waals surface area contributed by atoms with E-state index < -0.39 is 0 Å². The summed E-state index contributed by atoms with van der Waals surface area (Å²) in [7, 11) is 1.84. The van der Waals surface area contributed by atoms with Crippen molar-refractivity contribution in [1.82, 2.24) is 29.6 Å². The summed E-state index contributed by atoms with van der Waals surface area (Å²) in [6.45, 7) is 2.78. The number of aromatic amines is 1. The fraction of sp³-hybridized carbons (Fsp3) is 0.333. The molecule has 0 radical (unpaired) electrons. The molecule has 1 fully saturated rings. The number of carbonyl (C=O) groups excluding carboxylic acids is 1. The number of fused-ring (bicyclic) bond motifs is 1. The van der Waals surface area contributed by atoms with Gasteiger partial charge in [0.05, 0.1) is 22.3 Å². The van der Waals surface area contributed by atoms with Crippen LogP contribution in [0.3, 0.4) is 0 Å². The standard InChI is InChI=1S/C24H27ClN8O2/c1-15-8-9-17(13-33(15)24(34)35-14-16-6-4-3-5-7-16)28-22-20-19(25)11-26-21(20)30-23(31-22)29-18-10-27-32(2)12-18/h3-7,10-12,15,17H,8-9,13-14H2,1-2H3,(H3,26,28,29,30,31)/t15-,17+/m0/s1. The van der Waals surface area contributed by atoms with Crippen molar-refractivity contribution in [2.45, 2.75) is 38.5 Å². The first-order valence-corrected chi connectivity index (χ1v) is 11.9. The highest BCUT2D eigenvalue weighted by molar-refractivity contribution is 6.36. The highest BCUT2D eigenvalue weighted by Gasteiger charge is 2.31. The number of nitrogens with one attached hydrogen (secondary N) is 3. The summed E-state index contributed by atoms with van der Waals surface area (Å²) in [5.74, 6) is 1.01. The van der Waals surface area contributed by atoms with Crippen molar-refractivity contribution in [2.24, 2.45) is 7.05 Å². The highest BCUT2D eigenvalue weighted by Crippen LogP contribution is 2.31. The van der Waals surface area contributed by atoms with Gasteiger partial charge in [0.2, 0.25) is 5.95 Å². The van der Waals surface area contributed by atoms with E-state index in [4.69, 9.17) is 16.3 Å². The van der Waals surface area contributed by atoms with Crippen LogP contribution in [0.2, 0.25) is 5.02 Å². The van der Waals surface area contributed by atoms with Crippen molar-refractivity contribution < 1.29 is 9.53 Å². The minimum absolute atomic E-state index is 0.0224. The summed E-state index contributed by atoms with van der Waals surface area (Å²) < 4.78 is 7.29. The van der Waals surface area contributed by atoms with Gasteiger partial charge >= 0.3 is 6.09 Å². The molecule has 0 unspecified atom stereocenters. The van der Waals surface area contributed by atoms with E-state index in [1.165, 1.54) is 0 Å². The van der Waals surface area contributed by atoms with Crippen molar-refractivity contribution in [3.05, 3.63) is 59.5 Å². The van der Waals surface area contributed by atoms with Gasteiger partial charge in [0.25, 0.3) is 0 Å². The monoisotopic (exact) mass is 494 g/mol. The lowest BCUT2D eigenvalue weighted by atomic mass is 10.00. The van der Waals surface area contributed by atoms with Crippen molar-refractivity contribution in [1.29, 1.82) is 0 Å². The predicted molar refractivity (Wildman–Crippen MR) is 135 cm³/mol. The molecule has 4 aromatic rings. The van der Waals surface area contributed by atoms with Crippen LogP contribution in [0.5, 0.6) is 0 Å². The second kappa shape index (κ2) is 9.83. The first kappa shape index (κ1) is 23.0. The molecule has 4 heterocycles. The average molecular weight is 495 g/mol. The van der Waals surface area contributed by atoms with E-state index in [-0.39, 0.29) is 24.8 Å². The Balaban J connectivity index is 1.32. The molecule has 5 rings (SSSR count). The molecule has 10 nitrogen and oxygen atoms in total. The Morgan fingerprint density at radius 1 is 1.26 bits per heavy atom. The third-order valence-electron chi connectivity index (χ3n) is 6.11. The van der Waals surface area contributed by atoms with Crippen LogP contribution in [0.25, 0.3) is 11.0 Å². The van der Waals surface area contributed by atoms with Gasteiger partial charge in [0, 0.05) is 38.1 Å². The lowest BCUT2D eigenvalue weighted by molar-refractivity contribution is 0.0696. The molecule has 11 heteroatoms. The summed E-state index contributed by atoms with van der Waals surface area (Å²) in [4.78, 5) is 27.0. The van der Waals surface area contributed by atoms with Crippen LogP contribution in [0.15, 0.2) is 48.9 Å². The minimum Gasteiger partial charge on any atom is -0.445 e. The molecule has 1 aromatic carbocycles. The van der Waals surface area contributed by atoms with Crippen molar-refractivity contribution in [3.63, 3.8) is 0 Å². The molecule has 2 atom stereocenters. The number of piperidine rings is 1. The number of H-pyrrole nitrogens is 1. The van der Waals surface area contributed by atoms with Gasteiger partial charge in [-0.05, 0) is 25.3 Å². The Bertz CT molecular complexity index is 1320. The predicted octanol–water partition coefficient (Wildman–Crippen LogP) is 4.69. The lowest BCUT2D eigenvalue weighted by Crippen LogP contribution is -2.49. The quantitative estimate of drug-likeness (QED) is 0.356. The molecule has 1 amide bonds. The molecular formula is C24H27ClN8O2. The zero-order valence-electron chi connectivity index (χ0n) is 19.5. The van der Waals surface area contributed by atoms with E-state index in [0.717, 1.165) is 24.1 Å². The maximum Gasteiger partial charge on any atom is 0.410 e. The number of nitrogens with zero attached hydrogens (tertiary/aromatic N) is 5. The Hall–Kier alpha value is -3.79. The number of hydrogen-bond donors (Lipinski definition) is 3. The van der Waals surface area contributed by atoms with E-state index in [9.17, 15) is 4.79 Å². The Labute approximate surface area is 207 Å². The van der Waals surface area contributed by atoms with Crippen LogP contribution in [0.4, 0.5) is 22.2 Å². The number of aryl methyl sites for hydroxylation is 1. The minimum atomic E-state index is -0.320. The molecule has 3 N–H and O–H groups in total. The number of halogens is 1. The van der Waals surface area contributed by atoms with Crippen LogP contribution in [0, 0.1) is 0 Å². The molecule has 3 aromatic heterocycles. The van der Waals surface area contributed by atoms with E-state index in [1.807, 2.05) is 50.5 Å². The molecule has 0 bridgehead atoms. The van der Waals surface area contributed by atoms with Crippen LogP contribution in [-0.2, 0) is 18.4 Å². The molecule has 1 saturated heterocycles. The number of ether oxygens (including phenoxy) is 1. The number of anilines is 3. The first-order valence-electron chi connectivity index (χ1n) is 11.5. The lowest BCUT2D eigenvalue weighted by Gasteiger charge is -2.37. The largest absolute Gasteiger partial charge is 0.445 e. The van der Waals surface area contributed by atoms with E-state index in [0.29, 0.717) is 34.4 Å². The molecule has 0 saturated carbocycles. The number of hydrogen-bond acceptors (Lipinski definition) is 7. The van der Waals surface area contributed by atoms with Gasteiger partial charge in [-0.3, -0.25) is 4.68 Å². The van der Waals surface area contributed by atoms with Crippen LogP contribution < -0.4 is 10.6 Å². The maximum atomic E-state index is 12.9. The number of carbonyl (C=O) groups is 1. The second-order valence-electron chi connectivity index (χ2n) is 8.74. The summed E-state index contributed by atoms with van der Waals surface area (Å²) in [5, 5.41) is 12.1. The van der Waals surface area contributed by atoms with Crippen LogP contribution >= 0.6 is 11.6 Å². The van der Waals surface area contributed by atoms with Crippen molar-refractivity contribution in [2.75, 3.05) is 17.2 Å². The number of rotatable bonds is 6. The Morgan fingerprint density at radius 3 is 2.86 bits per heavy atom. The topological polar surface area (TPSA) is 113 Å². The number of amides is 1. The molecule has 1 aliphatic rings. The van der Waals surface area contributed by atoms with Gasteiger partial charge in [0.15, 0.2) is 0 Å². The van der Waals surface area contributed by atoms with Crippen molar-refractivity contribution in [3.8, 4) is 0 Å². The highest BCUT2D eigenvalue weighted by atomic mass is 35.5. The van der Waals surface area contributed by atoms with Gasteiger partial charge in [-0.25, -0.2) is 4.79 Å². The SMILES string of the molecule is C[C@H]1CC[C@@H](Nc2nc(Nc3cnn(C)c3)nc3[nH]cc(Cl)c23)CN1C(=O)OCc1ccccc1. The average Bonchev–Trinajstić information content (AvgIpc) is 3.44.